The summed E-state index contributed by atoms with van der Waals surface area (Å²) in [4.78, 5) is 26.7. The number of piperidine rings is 1. The Morgan fingerprint density at radius 3 is 3.08 bits per heavy atom. The van der Waals surface area contributed by atoms with E-state index in [1.54, 1.807) is 12.5 Å². The first-order valence-electron chi connectivity index (χ1n) is 8.60. The van der Waals surface area contributed by atoms with Crippen molar-refractivity contribution in [2.75, 3.05) is 19.7 Å². The third kappa shape index (κ3) is 3.02. The van der Waals surface area contributed by atoms with Crippen LogP contribution >= 0.6 is 0 Å². The molecule has 2 aromatic heterocycles. The number of nitrogens with one attached hydrogen (secondary N) is 1. The fraction of sp³-hybridized carbons (Fsp3) is 0.389. The lowest BCUT2D eigenvalue weighted by atomic mass is 9.96. The lowest BCUT2D eigenvalue weighted by Gasteiger charge is -2.32. The van der Waals surface area contributed by atoms with E-state index in [0.29, 0.717) is 18.7 Å². The molecule has 0 radical (unpaired) electrons. The van der Waals surface area contributed by atoms with Crippen molar-refractivity contribution in [1.82, 2.24) is 24.4 Å². The third-order valence-electron chi connectivity index (χ3n) is 4.82. The summed E-state index contributed by atoms with van der Waals surface area (Å²) < 4.78 is 1.89. The second-order valence-electron chi connectivity index (χ2n) is 6.43. The number of carbonyl (C=O) groups excluding carboxylic acids is 1. The highest BCUT2D eigenvalue weighted by molar-refractivity contribution is 5.97. The molecule has 2 N–H and O–H groups in total. The lowest BCUT2D eigenvalue weighted by molar-refractivity contribution is 0.0705. The summed E-state index contributed by atoms with van der Waals surface area (Å²) in [6, 6.07) is 5.58. The SMILES string of the molecule is O=C(c1ccc2c(c1)ncn2CCO)N1CCCC(c2ncc[nH]2)C1. The van der Waals surface area contributed by atoms with Gasteiger partial charge in [-0.05, 0) is 31.0 Å². The summed E-state index contributed by atoms with van der Waals surface area (Å²) in [6.45, 7) is 2.02. The maximum absolute atomic E-state index is 12.9. The van der Waals surface area contributed by atoms with Gasteiger partial charge in [-0.1, -0.05) is 0 Å². The van der Waals surface area contributed by atoms with Gasteiger partial charge < -0.3 is 19.6 Å². The maximum Gasteiger partial charge on any atom is 0.253 e. The monoisotopic (exact) mass is 339 g/mol. The van der Waals surface area contributed by atoms with E-state index in [9.17, 15) is 4.79 Å². The molecule has 0 spiro atoms. The first-order valence-corrected chi connectivity index (χ1v) is 8.60. The van der Waals surface area contributed by atoms with E-state index >= 15 is 0 Å². The zero-order valence-electron chi connectivity index (χ0n) is 13.9. The highest BCUT2D eigenvalue weighted by Crippen LogP contribution is 2.26. The van der Waals surface area contributed by atoms with Gasteiger partial charge in [-0.15, -0.1) is 0 Å². The zero-order chi connectivity index (χ0) is 17.2. The predicted octanol–water partition coefficient (Wildman–Crippen LogP) is 1.77. The maximum atomic E-state index is 12.9. The van der Waals surface area contributed by atoms with Crippen LogP contribution in [0.15, 0.2) is 36.9 Å². The number of nitrogens with zero attached hydrogens (tertiary/aromatic N) is 4. The number of aliphatic hydroxyl groups is 1. The quantitative estimate of drug-likeness (QED) is 0.758. The first kappa shape index (κ1) is 15.8. The van der Waals surface area contributed by atoms with Crippen LogP contribution in [-0.4, -0.2) is 55.1 Å². The number of hydrogen-bond donors (Lipinski definition) is 2. The van der Waals surface area contributed by atoms with E-state index in [1.165, 1.54) is 0 Å². The molecule has 7 heteroatoms. The number of fused-ring (bicyclic) bond motifs is 1. The minimum absolute atomic E-state index is 0.0369. The summed E-state index contributed by atoms with van der Waals surface area (Å²) in [6.07, 6.45) is 7.30. The zero-order valence-corrected chi connectivity index (χ0v) is 13.9. The van der Waals surface area contributed by atoms with E-state index in [2.05, 4.69) is 15.0 Å². The number of amides is 1. The van der Waals surface area contributed by atoms with Gasteiger partial charge in [-0.2, -0.15) is 0 Å². The van der Waals surface area contributed by atoms with Gasteiger partial charge in [0.05, 0.1) is 24.0 Å². The normalized spacial score (nSPS) is 18.0. The Morgan fingerprint density at radius 2 is 2.28 bits per heavy atom. The highest BCUT2D eigenvalue weighted by Gasteiger charge is 2.27. The van der Waals surface area contributed by atoms with Gasteiger partial charge in [-0.25, -0.2) is 9.97 Å². The van der Waals surface area contributed by atoms with Crippen LogP contribution in [-0.2, 0) is 6.54 Å². The van der Waals surface area contributed by atoms with Gasteiger partial charge in [0.25, 0.3) is 5.91 Å². The minimum atomic E-state index is 0.0369. The van der Waals surface area contributed by atoms with E-state index in [4.69, 9.17) is 5.11 Å². The molecule has 3 heterocycles. The number of imidazole rings is 2. The number of aromatic nitrogens is 4. The van der Waals surface area contributed by atoms with Crippen LogP contribution in [0.3, 0.4) is 0 Å². The number of H-pyrrole nitrogens is 1. The van der Waals surface area contributed by atoms with Crippen LogP contribution in [0.5, 0.6) is 0 Å². The molecule has 130 valence electrons. The van der Waals surface area contributed by atoms with Crippen molar-refractivity contribution in [3.8, 4) is 0 Å². The Bertz CT molecular complexity index is 871. The van der Waals surface area contributed by atoms with Crippen molar-refractivity contribution in [2.45, 2.75) is 25.3 Å². The Hall–Kier alpha value is -2.67. The molecule has 1 fully saturated rings. The van der Waals surface area contributed by atoms with Crippen LogP contribution in [0.25, 0.3) is 11.0 Å². The molecule has 1 unspecified atom stereocenters. The van der Waals surface area contributed by atoms with Crippen molar-refractivity contribution in [3.05, 3.63) is 48.3 Å². The molecule has 25 heavy (non-hydrogen) atoms. The molecule has 7 nitrogen and oxygen atoms in total. The summed E-state index contributed by atoms with van der Waals surface area (Å²) in [5, 5.41) is 9.10. The van der Waals surface area contributed by atoms with Gasteiger partial charge >= 0.3 is 0 Å². The van der Waals surface area contributed by atoms with Crippen LogP contribution < -0.4 is 0 Å². The topological polar surface area (TPSA) is 87.0 Å². The number of aliphatic hydroxyl groups excluding tert-OH is 1. The molecule has 0 aliphatic carbocycles. The van der Waals surface area contributed by atoms with E-state index in [-0.39, 0.29) is 18.4 Å². The Morgan fingerprint density at radius 1 is 1.36 bits per heavy atom. The molecule has 1 aliphatic heterocycles. The van der Waals surface area contributed by atoms with Gasteiger partial charge in [0, 0.05) is 43.5 Å². The number of benzene rings is 1. The van der Waals surface area contributed by atoms with Crippen molar-refractivity contribution >= 4 is 16.9 Å². The minimum Gasteiger partial charge on any atom is -0.395 e. The second kappa shape index (κ2) is 6.68. The predicted molar refractivity (Wildman–Crippen MR) is 93.3 cm³/mol. The molecule has 0 bridgehead atoms. The molecule has 4 rings (SSSR count). The molecule has 1 amide bonds. The van der Waals surface area contributed by atoms with E-state index in [1.807, 2.05) is 33.9 Å². The standard InChI is InChI=1S/C18H21N5O2/c24-9-8-23-12-21-15-10-13(3-4-16(15)23)18(25)22-7-1-2-14(11-22)17-19-5-6-20-17/h3-6,10,12,14,24H,1-2,7-9,11H2,(H,19,20). The summed E-state index contributed by atoms with van der Waals surface area (Å²) in [7, 11) is 0. The Kier molecular flexibility index (Phi) is 4.23. The summed E-state index contributed by atoms with van der Waals surface area (Å²) in [5.41, 5.74) is 2.36. The van der Waals surface area contributed by atoms with Crippen molar-refractivity contribution < 1.29 is 9.90 Å². The molecule has 3 aromatic rings. The van der Waals surface area contributed by atoms with Crippen molar-refractivity contribution in [3.63, 3.8) is 0 Å². The first-order chi connectivity index (χ1) is 12.3. The van der Waals surface area contributed by atoms with E-state index in [0.717, 1.165) is 36.2 Å². The number of hydrogen-bond acceptors (Lipinski definition) is 4. The van der Waals surface area contributed by atoms with Crippen LogP contribution in [0.4, 0.5) is 0 Å². The van der Waals surface area contributed by atoms with Gasteiger partial charge in [-0.3, -0.25) is 4.79 Å². The fourth-order valence-electron chi connectivity index (χ4n) is 3.55. The smallest absolute Gasteiger partial charge is 0.253 e. The number of likely N-dealkylation sites (tertiary alicyclic amines) is 1. The molecule has 1 aromatic carbocycles. The molecular weight excluding hydrogens is 318 g/mol. The van der Waals surface area contributed by atoms with Gasteiger partial charge in [0.15, 0.2) is 0 Å². The van der Waals surface area contributed by atoms with Crippen LogP contribution in [0.1, 0.15) is 34.9 Å². The molecule has 1 atom stereocenters. The van der Waals surface area contributed by atoms with Crippen molar-refractivity contribution in [2.24, 2.45) is 0 Å². The molecule has 0 saturated carbocycles. The molecular formula is C18H21N5O2. The average molecular weight is 339 g/mol. The average Bonchev–Trinajstić information content (AvgIpc) is 3.31. The van der Waals surface area contributed by atoms with E-state index < -0.39 is 0 Å². The Labute approximate surface area is 145 Å². The van der Waals surface area contributed by atoms with Crippen LogP contribution in [0, 0.1) is 0 Å². The third-order valence-corrected chi connectivity index (χ3v) is 4.82. The highest BCUT2D eigenvalue weighted by atomic mass is 16.3. The number of aromatic amines is 1. The van der Waals surface area contributed by atoms with Crippen LogP contribution in [0.2, 0.25) is 0 Å². The number of rotatable bonds is 4. The summed E-state index contributed by atoms with van der Waals surface area (Å²) >= 11 is 0. The lowest BCUT2D eigenvalue weighted by Crippen LogP contribution is -2.39. The van der Waals surface area contributed by atoms with Gasteiger partial charge in [0.1, 0.15) is 5.82 Å². The summed E-state index contributed by atoms with van der Waals surface area (Å²) in [5.74, 6) is 1.26. The second-order valence-corrected chi connectivity index (χ2v) is 6.43. The molecule has 1 aliphatic rings. The van der Waals surface area contributed by atoms with Crippen molar-refractivity contribution in [1.29, 1.82) is 0 Å². The van der Waals surface area contributed by atoms with Gasteiger partial charge in [0.2, 0.25) is 0 Å². The fourth-order valence-corrected chi connectivity index (χ4v) is 3.55. The molecule has 1 saturated heterocycles. The largest absolute Gasteiger partial charge is 0.395 e. The Balaban J connectivity index is 1.54. The number of carbonyl (C=O) groups is 1.